The predicted molar refractivity (Wildman–Crippen MR) is 100 cm³/mol. The summed E-state index contributed by atoms with van der Waals surface area (Å²) in [7, 11) is 0. The van der Waals surface area contributed by atoms with Gasteiger partial charge in [-0.15, -0.1) is 12.4 Å². The van der Waals surface area contributed by atoms with Crippen LogP contribution in [0.2, 0.25) is 0 Å². The Balaban J connectivity index is 0.00000182. The fourth-order valence-corrected chi connectivity index (χ4v) is 4.21. The van der Waals surface area contributed by atoms with Crippen LogP contribution in [0, 0.1) is 0 Å². The Bertz CT molecular complexity index is 664. The molecule has 2 bridgehead atoms. The van der Waals surface area contributed by atoms with E-state index in [0.717, 1.165) is 43.6 Å². The quantitative estimate of drug-likeness (QED) is 0.862. The molecule has 1 aromatic rings. The molecule has 4 rings (SSSR count). The maximum atomic E-state index is 12.5. The van der Waals surface area contributed by atoms with E-state index in [1.165, 1.54) is 18.4 Å². The van der Waals surface area contributed by atoms with Gasteiger partial charge in [0.15, 0.2) is 0 Å². The number of halogens is 1. The minimum atomic E-state index is 0. The van der Waals surface area contributed by atoms with Crippen molar-refractivity contribution in [1.82, 2.24) is 10.2 Å². The van der Waals surface area contributed by atoms with Crippen LogP contribution in [0.4, 0.5) is 5.69 Å². The molecule has 2 atom stereocenters. The lowest BCUT2D eigenvalue weighted by atomic mass is 10.0. The average Bonchev–Trinajstić information content (AvgIpc) is 3.07. The first-order chi connectivity index (χ1) is 11.7. The third kappa shape index (κ3) is 4.15. The van der Waals surface area contributed by atoms with Crippen molar-refractivity contribution < 1.29 is 9.59 Å². The van der Waals surface area contributed by atoms with Crippen LogP contribution in [0.1, 0.15) is 43.2 Å². The molecule has 6 heteroatoms. The molecule has 0 spiro atoms. The molecule has 1 aromatic carbocycles. The normalized spacial score (nSPS) is 24.3. The number of nitrogens with zero attached hydrogens (tertiary/aromatic N) is 1. The first-order valence-corrected chi connectivity index (χ1v) is 9.13. The summed E-state index contributed by atoms with van der Waals surface area (Å²) in [4.78, 5) is 26.0. The zero-order chi connectivity index (χ0) is 16.5. The van der Waals surface area contributed by atoms with Gasteiger partial charge in [0, 0.05) is 37.3 Å². The summed E-state index contributed by atoms with van der Waals surface area (Å²) >= 11 is 0. The SMILES string of the molecule is Cl.O=C1Cc2cc(CCCC(=O)N3CCC4CCC(C3)N4)ccc2N1. The summed E-state index contributed by atoms with van der Waals surface area (Å²) in [5.74, 6) is 0.365. The first-order valence-electron chi connectivity index (χ1n) is 9.13. The number of anilines is 1. The van der Waals surface area contributed by atoms with Gasteiger partial charge in [-0.25, -0.2) is 0 Å². The van der Waals surface area contributed by atoms with Crippen molar-refractivity contribution >= 4 is 29.9 Å². The molecule has 2 N–H and O–H groups in total. The molecule has 3 aliphatic rings. The number of nitrogens with one attached hydrogen (secondary N) is 2. The van der Waals surface area contributed by atoms with Crippen molar-refractivity contribution in [2.45, 2.75) is 57.0 Å². The Kier molecular flexibility index (Phi) is 5.64. The number of aryl methyl sites for hydroxylation is 1. The molecule has 0 aromatic heterocycles. The minimum absolute atomic E-state index is 0. The third-order valence-corrected chi connectivity index (χ3v) is 5.53. The van der Waals surface area contributed by atoms with Crippen molar-refractivity contribution in [3.63, 3.8) is 0 Å². The Labute approximate surface area is 154 Å². The van der Waals surface area contributed by atoms with Crippen molar-refractivity contribution in [1.29, 1.82) is 0 Å². The Morgan fingerprint density at radius 1 is 1.20 bits per heavy atom. The molecule has 2 unspecified atom stereocenters. The molecule has 2 amide bonds. The standard InChI is InChI=1S/C19H25N3O2.ClH/c23-18-11-14-10-13(4-7-17(14)21-18)2-1-3-19(24)22-9-8-15-5-6-16(12-22)20-15;/h4,7,10,15-16,20H,1-3,5-6,8-9,11-12H2,(H,21,23);1H. The van der Waals surface area contributed by atoms with E-state index in [1.54, 1.807) is 0 Å². The maximum Gasteiger partial charge on any atom is 0.228 e. The average molecular weight is 364 g/mol. The lowest BCUT2D eigenvalue weighted by molar-refractivity contribution is -0.131. The molecule has 25 heavy (non-hydrogen) atoms. The largest absolute Gasteiger partial charge is 0.341 e. The van der Waals surface area contributed by atoms with Gasteiger partial charge in [0.05, 0.1) is 6.42 Å². The molecule has 3 aliphatic heterocycles. The summed E-state index contributed by atoms with van der Waals surface area (Å²) in [5, 5.41) is 6.48. The van der Waals surface area contributed by atoms with Gasteiger partial charge >= 0.3 is 0 Å². The summed E-state index contributed by atoms with van der Waals surface area (Å²) < 4.78 is 0. The van der Waals surface area contributed by atoms with E-state index >= 15 is 0 Å². The summed E-state index contributed by atoms with van der Waals surface area (Å²) in [6.07, 6.45) is 6.42. The van der Waals surface area contributed by atoms with E-state index in [-0.39, 0.29) is 18.3 Å². The molecule has 2 fully saturated rings. The van der Waals surface area contributed by atoms with Crippen LogP contribution in [0.5, 0.6) is 0 Å². The number of hydrogen-bond donors (Lipinski definition) is 2. The number of carbonyl (C=O) groups excluding carboxylic acids is 2. The first kappa shape index (κ1) is 18.2. The van der Waals surface area contributed by atoms with Gasteiger partial charge in [0.1, 0.15) is 0 Å². The smallest absolute Gasteiger partial charge is 0.228 e. The summed E-state index contributed by atoms with van der Waals surface area (Å²) in [6.45, 7) is 1.78. The number of hydrogen-bond acceptors (Lipinski definition) is 3. The summed E-state index contributed by atoms with van der Waals surface area (Å²) in [5.41, 5.74) is 3.24. The van der Waals surface area contributed by atoms with Crippen LogP contribution in [-0.2, 0) is 22.4 Å². The van der Waals surface area contributed by atoms with Gasteiger partial charge in [-0.05, 0) is 49.3 Å². The number of fused-ring (bicyclic) bond motifs is 3. The van der Waals surface area contributed by atoms with Crippen LogP contribution in [0.3, 0.4) is 0 Å². The Morgan fingerprint density at radius 3 is 2.92 bits per heavy atom. The molecule has 0 aliphatic carbocycles. The highest BCUT2D eigenvalue weighted by Crippen LogP contribution is 2.25. The third-order valence-electron chi connectivity index (χ3n) is 5.53. The van der Waals surface area contributed by atoms with Crippen LogP contribution in [-0.4, -0.2) is 41.9 Å². The minimum Gasteiger partial charge on any atom is -0.341 e. The van der Waals surface area contributed by atoms with Gasteiger partial charge in [-0.2, -0.15) is 0 Å². The lowest BCUT2D eigenvalue weighted by Gasteiger charge is -2.24. The van der Waals surface area contributed by atoms with Gasteiger partial charge in [0.2, 0.25) is 11.8 Å². The van der Waals surface area contributed by atoms with E-state index in [4.69, 9.17) is 0 Å². The zero-order valence-corrected chi connectivity index (χ0v) is 15.2. The Morgan fingerprint density at radius 2 is 2.04 bits per heavy atom. The van der Waals surface area contributed by atoms with Crippen molar-refractivity contribution in [3.8, 4) is 0 Å². The second-order valence-electron chi connectivity index (χ2n) is 7.34. The van der Waals surface area contributed by atoms with Gasteiger partial charge in [0.25, 0.3) is 0 Å². The zero-order valence-electron chi connectivity index (χ0n) is 14.4. The molecule has 2 saturated heterocycles. The fraction of sp³-hybridized carbons (Fsp3) is 0.579. The second kappa shape index (κ2) is 7.75. The predicted octanol–water partition coefficient (Wildman–Crippen LogP) is 2.28. The van der Waals surface area contributed by atoms with Crippen LogP contribution in [0.25, 0.3) is 0 Å². The highest BCUT2D eigenvalue weighted by molar-refractivity contribution is 5.99. The van der Waals surface area contributed by atoms with Gasteiger partial charge in [-0.3, -0.25) is 9.59 Å². The molecule has 3 heterocycles. The maximum absolute atomic E-state index is 12.5. The topological polar surface area (TPSA) is 61.4 Å². The van der Waals surface area contributed by atoms with Gasteiger partial charge < -0.3 is 15.5 Å². The molecule has 0 radical (unpaired) electrons. The van der Waals surface area contributed by atoms with Crippen LogP contribution in [0.15, 0.2) is 18.2 Å². The highest BCUT2D eigenvalue weighted by Gasteiger charge is 2.30. The molecule has 0 saturated carbocycles. The van der Waals surface area contributed by atoms with E-state index in [9.17, 15) is 9.59 Å². The van der Waals surface area contributed by atoms with Crippen molar-refractivity contribution in [2.75, 3.05) is 18.4 Å². The lowest BCUT2D eigenvalue weighted by Crippen LogP contribution is -2.38. The monoisotopic (exact) mass is 363 g/mol. The van der Waals surface area contributed by atoms with Crippen LogP contribution >= 0.6 is 12.4 Å². The second-order valence-corrected chi connectivity index (χ2v) is 7.34. The van der Waals surface area contributed by atoms with Crippen LogP contribution < -0.4 is 10.6 Å². The molecule has 136 valence electrons. The number of likely N-dealkylation sites (tertiary alicyclic amines) is 1. The highest BCUT2D eigenvalue weighted by atomic mass is 35.5. The van der Waals surface area contributed by atoms with Crippen molar-refractivity contribution in [3.05, 3.63) is 29.3 Å². The molecular formula is C19H26ClN3O2. The van der Waals surface area contributed by atoms with Gasteiger partial charge in [-0.1, -0.05) is 12.1 Å². The number of amides is 2. The number of benzene rings is 1. The Hall–Kier alpha value is -1.59. The van der Waals surface area contributed by atoms with Crippen molar-refractivity contribution in [2.24, 2.45) is 0 Å². The molecule has 5 nitrogen and oxygen atoms in total. The molecular weight excluding hydrogens is 338 g/mol. The van der Waals surface area contributed by atoms with E-state index in [1.807, 2.05) is 6.07 Å². The van der Waals surface area contributed by atoms with E-state index in [2.05, 4.69) is 27.7 Å². The summed E-state index contributed by atoms with van der Waals surface area (Å²) in [6, 6.07) is 7.27. The number of rotatable bonds is 4. The van der Waals surface area contributed by atoms with E-state index in [0.29, 0.717) is 30.8 Å². The fourth-order valence-electron chi connectivity index (χ4n) is 4.21. The van der Waals surface area contributed by atoms with E-state index < -0.39 is 0 Å². The number of carbonyl (C=O) groups is 2.